The number of hydrogen-bond acceptors (Lipinski definition) is 10. The summed E-state index contributed by atoms with van der Waals surface area (Å²) < 4.78 is 25.4. The van der Waals surface area contributed by atoms with E-state index in [9.17, 15) is 23.9 Å². The summed E-state index contributed by atoms with van der Waals surface area (Å²) in [5, 5.41) is 20.0. The van der Waals surface area contributed by atoms with Crippen LogP contribution in [0, 0.1) is 12.7 Å². The zero-order valence-corrected chi connectivity index (χ0v) is 27.4. The highest BCUT2D eigenvalue weighted by Gasteiger charge is 2.48. The Kier molecular flexibility index (Phi) is 9.65. The van der Waals surface area contributed by atoms with Gasteiger partial charge in [0.05, 0.1) is 24.3 Å². The Morgan fingerprint density at radius 2 is 1.58 bits per heavy atom. The lowest BCUT2D eigenvalue weighted by Gasteiger charge is -2.22. The quantitative estimate of drug-likeness (QED) is 0.0405. The summed E-state index contributed by atoms with van der Waals surface area (Å²) >= 11 is 2.30. The van der Waals surface area contributed by atoms with E-state index in [0.29, 0.717) is 33.4 Å². The molecule has 1 atom stereocenters. The molecule has 0 saturated carbocycles. The number of aliphatic hydroxyl groups excluding tert-OH is 1. The fourth-order valence-electron chi connectivity index (χ4n) is 5.18. The number of carbonyl (C=O) groups is 3. The van der Waals surface area contributed by atoms with E-state index in [4.69, 9.17) is 9.47 Å². The first-order valence-electron chi connectivity index (χ1n) is 14.7. The molecule has 0 bridgehead atoms. The van der Waals surface area contributed by atoms with Gasteiger partial charge in [0.1, 0.15) is 23.9 Å². The number of amides is 1. The Morgan fingerprint density at radius 1 is 0.917 bits per heavy atom. The molecule has 1 unspecified atom stereocenters. The molecule has 242 valence electrons. The molecule has 48 heavy (non-hydrogen) atoms. The Hall–Kier alpha value is -5.33. The number of halogens is 1. The molecule has 9 nitrogen and oxygen atoms in total. The van der Waals surface area contributed by atoms with E-state index < -0.39 is 23.7 Å². The van der Waals surface area contributed by atoms with Crippen LogP contribution < -0.4 is 9.64 Å². The van der Waals surface area contributed by atoms with Crippen molar-refractivity contribution in [2.75, 3.05) is 12.0 Å². The smallest absolute Gasteiger partial charge is 0.337 e. The highest BCUT2D eigenvalue weighted by Crippen LogP contribution is 2.44. The second kappa shape index (κ2) is 14.2. The fourth-order valence-corrected chi connectivity index (χ4v) is 7.03. The van der Waals surface area contributed by atoms with Crippen LogP contribution in [0.15, 0.2) is 107 Å². The highest BCUT2D eigenvalue weighted by atomic mass is 32.2. The summed E-state index contributed by atoms with van der Waals surface area (Å²) in [5.41, 5.74) is 3.47. The van der Waals surface area contributed by atoms with E-state index in [2.05, 4.69) is 10.2 Å². The van der Waals surface area contributed by atoms with Crippen LogP contribution in [-0.4, -0.2) is 40.1 Å². The molecule has 5 aromatic rings. The first-order chi connectivity index (χ1) is 23.2. The predicted octanol–water partition coefficient (Wildman–Crippen LogP) is 7.27. The number of aromatic nitrogens is 2. The molecule has 6 rings (SSSR count). The van der Waals surface area contributed by atoms with Gasteiger partial charge in [-0.2, -0.15) is 0 Å². The monoisotopic (exact) mass is 681 g/mol. The molecule has 0 radical (unpaired) electrons. The molecule has 12 heteroatoms. The Morgan fingerprint density at radius 3 is 2.27 bits per heavy atom. The molecule has 1 saturated heterocycles. The lowest BCUT2D eigenvalue weighted by molar-refractivity contribution is -0.132. The number of rotatable bonds is 10. The third-order valence-corrected chi connectivity index (χ3v) is 9.89. The first kappa shape index (κ1) is 32.6. The molecular formula is C36H28FN3O6S2. The molecule has 1 aliphatic heterocycles. The number of ether oxygens (including phenoxy) is 2. The van der Waals surface area contributed by atoms with Crippen LogP contribution in [0.3, 0.4) is 0 Å². The second-order valence-corrected chi connectivity index (χ2v) is 12.9. The van der Waals surface area contributed by atoms with Gasteiger partial charge in [-0.05, 0) is 71.6 Å². The summed E-state index contributed by atoms with van der Waals surface area (Å²) in [6, 6.07) is 25.9. The molecule has 1 aromatic heterocycles. The summed E-state index contributed by atoms with van der Waals surface area (Å²) in [5.74, 6) is -2.27. The van der Waals surface area contributed by atoms with Gasteiger partial charge in [-0.25, -0.2) is 9.18 Å². The maximum Gasteiger partial charge on any atom is 0.337 e. The van der Waals surface area contributed by atoms with Crippen molar-refractivity contribution in [3.63, 3.8) is 0 Å². The van der Waals surface area contributed by atoms with Gasteiger partial charge in [0.2, 0.25) is 5.13 Å². The highest BCUT2D eigenvalue weighted by molar-refractivity contribution is 8.00. The summed E-state index contributed by atoms with van der Waals surface area (Å²) in [7, 11) is 1.27. The number of carbonyl (C=O) groups excluding carboxylic acids is 3. The average molecular weight is 682 g/mol. The summed E-state index contributed by atoms with van der Waals surface area (Å²) in [6.45, 7) is 2.36. The van der Waals surface area contributed by atoms with Gasteiger partial charge in [-0.1, -0.05) is 77.7 Å². The van der Waals surface area contributed by atoms with Crippen LogP contribution in [0.4, 0.5) is 9.52 Å². The Labute approximate surface area is 283 Å². The van der Waals surface area contributed by atoms with Crippen molar-refractivity contribution in [2.45, 2.75) is 29.7 Å². The van der Waals surface area contributed by atoms with Crippen molar-refractivity contribution in [1.82, 2.24) is 10.2 Å². The third kappa shape index (κ3) is 6.71. The van der Waals surface area contributed by atoms with Crippen LogP contribution in [0.1, 0.15) is 44.2 Å². The number of aryl methyl sites for hydroxylation is 1. The van der Waals surface area contributed by atoms with Gasteiger partial charge in [0.25, 0.3) is 5.78 Å². The predicted molar refractivity (Wildman–Crippen MR) is 180 cm³/mol. The van der Waals surface area contributed by atoms with Crippen LogP contribution in [-0.2, 0) is 26.7 Å². The van der Waals surface area contributed by atoms with E-state index in [1.807, 2.05) is 31.2 Å². The minimum atomic E-state index is -1.09. The van der Waals surface area contributed by atoms with Gasteiger partial charge in [0, 0.05) is 11.3 Å². The van der Waals surface area contributed by atoms with Gasteiger partial charge in [0.15, 0.2) is 4.34 Å². The summed E-state index contributed by atoms with van der Waals surface area (Å²) in [4.78, 5) is 40.5. The number of benzene rings is 4. The van der Waals surface area contributed by atoms with Crippen LogP contribution in [0.25, 0.3) is 5.76 Å². The average Bonchev–Trinajstić information content (AvgIpc) is 3.68. The van der Waals surface area contributed by atoms with Gasteiger partial charge in [-0.3, -0.25) is 14.5 Å². The number of esters is 1. The van der Waals surface area contributed by atoms with Crippen LogP contribution >= 0.6 is 23.1 Å². The lowest BCUT2D eigenvalue weighted by atomic mass is 9.94. The number of methoxy groups -OCH3 is 1. The number of ketones is 1. The second-order valence-electron chi connectivity index (χ2n) is 10.8. The Balaban J connectivity index is 1.33. The number of nitrogens with zero attached hydrogens (tertiary/aromatic N) is 3. The maximum atomic E-state index is 14.2. The van der Waals surface area contributed by atoms with E-state index >= 15 is 0 Å². The minimum Gasteiger partial charge on any atom is -0.507 e. The van der Waals surface area contributed by atoms with Crippen LogP contribution in [0.2, 0.25) is 0 Å². The van der Waals surface area contributed by atoms with Gasteiger partial charge < -0.3 is 14.6 Å². The third-order valence-electron chi connectivity index (χ3n) is 7.79. The van der Waals surface area contributed by atoms with Crippen molar-refractivity contribution in [1.29, 1.82) is 0 Å². The van der Waals surface area contributed by atoms with Gasteiger partial charge >= 0.3 is 11.9 Å². The van der Waals surface area contributed by atoms with Crippen molar-refractivity contribution in [3.05, 3.63) is 142 Å². The molecule has 1 N–H and O–H groups in total. The molecule has 0 aliphatic carbocycles. The number of Topliss-reactive ketones (excluding diaryl/α,β-unsaturated/α-hetero) is 1. The van der Waals surface area contributed by atoms with E-state index in [0.717, 1.165) is 22.5 Å². The summed E-state index contributed by atoms with van der Waals surface area (Å²) in [6.07, 6.45) is 0. The van der Waals surface area contributed by atoms with E-state index in [-0.39, 0.29) is 33.6 Å². The molecule has 1 amide bonds. The first-order valence-corrected chi connectivity index (χ1v) is 16.5. The normalized spacial score (nSPS) is 15.5. The van der Waals surface area contributed by atoms with Crippen molar-refractivity contribution >= 4 is 51.6 Å². The fraction of sp³-hybridized carbons (Fsp3) is 0.139. The standard InChI is InChI=1S/C36H28FN3O6S2/c1-21-7-3-4-8-25(21)19-46-27-17-15-23(16-18-27)31(41)29-30(22-11-13-24(14-12-22)34(44)45-2)40(33(43)32(29)42)35-38-39-36(48-35)47-20-26-9-5-6-10-28(26)37/h3-18,30,41H,19-20H2,1-2H3. The maximum absolute atomic E-state index is 14.2. The molecule has 1 fully saturated rings. The topological polar surface area (TPSA) is 119 Å². The van der Waals surface area contributed by atoms with E-state index in [1.165, 1.54) is 42.0 Å². The zero-order valence-electron chi connectivity index (χ0n) is 25.8. The molecule has 1 aliphatic rings. The van der Waals surface area contributed by atoms with Crippen molar-refractivity contribution < 1.29 is 33.4 Å². The molecule has 0 spiro atoms. The zero-order chi connectivity index (χ0) is 33.8. The largest absolute Gasteiger partial charge is 0.507 e. The van der Waals surface area contributed by atoms with Crippen LogP contribution in [0.5, 0.6) is 5.75 Å². The Bertz CT molecular complexity index is 2030. The molecule has 4 aromatic carbocycles. The minimum absolute atomic E-state index is 0.120. The SMILES string of the molecule is COC(=O)c1ccc(C2C(=C(O)c3ccc(OCc4ccccc4C)cc3)C(=O)C(=O)N2c2nnc(SCc3ccccc3F)s2)cc1. The van der Waals surface area contributed by atoms with Gasteiger partial charge in [-0.15, -0.1) is 10.2 Å². The number of hydrogen-bond donors (Lipinski definition) is 1. The molecular weight excluding hydrogens is 654 g/mol. The van der Waals surface area contributed by atoms with E-state index in [1.54, 1.807) is 54.6 Å². The lowest BCUT2D eigenvalue weighted by Crippen LogP contribution is -2.29. The van der Waals surface area contributed by atoms with Crippen molar-refractivity contribution in [3.8, 4) is 5.75 Å². The number of thioether (sulfide) groups is 1. The number of aliphatic hydroxyl groups is 1. The molecule has 2 heterocycles. The van der Waals surface area contributed by atoms with Crippen molar-refractivity contribution in [2.24, 2.45) is 0 Å². The number of anilines is 1.